The molecule has 1 rings (SSSR count). The SMILES string of the molecule is CCCCCC/C=C/C[N+](CCC)(CCC)CC1CO1. The highest BCUT2D eigenvalue weighted by atomic mass is 16.6. The summed E-state index contributed by atoms with van der Waals surface area (Å²) in [4.78, 5) is 0. The molecule has 1 atom stereocenters. The smallest absolute Gasteiger partial charge is 0.130 e. The molecule has 118 valence electrons. The van der Waals surface area contributed by atoms with Gasteiger partial charge in [0.1, 0.15) is 12.6 Å². The molecule has 0 aromatic carbocycles. The van der Waals surface area contributed by atoms with Gasteiger partial charge in [-0.1, -0.05) is 46.1 Å². The summed E-state index contributed by atoms with van der Waals surface area (Å²) in [5.41, 5.74) is 0. The van der Waals surface area contributed by atoms with E-state index in [2.05, 4.69) is 32.9 Å². The zero-order valence-corrected chi connectivity index (χ0v) is 14.1. The Kier molecular flexibility index (Phi) is 9.21. The fourth-order valence-electron chi connectivity index (χ4n) is 3.21. The number of hydrogen-bond donors (Lipinski definition) is 0. The molecule has 2 heteroatoms. The summed E-state index contributed by atoms with van der Waals surface area (Å²) in [6, 6.07) is 0. The van der Waals surface area contributed by atoms with E-state index in [-0.39, 0.29) is 0 Å². The van der Waals surface area contributed by atoms with Gasteiger partial charge in [-0.15, -0.1) is 0 Å². The van der Waals surface area contributed by atoms with Crippen molar-refractivity contribution in [2.45, 2.75) is 71.8 Å². The molecule has 1 aliphatic heterocycles. The van der Waals surface area contributed by atoms with Gasteiger partial charge in [-0.25, -0.2) is 0 Å². The quantitative estimate of drug-likeness (QED) is 0.209. The molecule has 1 unspecified atom stereocenters. The molecule has 1 heterocycles. The fourth-order valence-corrected chi connectivity index (χ4v) is 3.21. The Morgan fingerprint density at radius 2 is 1.65 bits per heavy atom. The van der Waals surface area contributed by atoms with Gasteiger partial charge in [-0.3, -0.25) is 0 Å². The molecule has 1 fully saturated rings. The van der Waals surface area contributed by atoms with Crippen molar-refractivity contribution in [3.63, 3.8) is 0 Å². The van der Waals surface area contributed by atoms with Crippen molar-refractivity contribution in [1.29, 1.82) is 0 Å². The van der Waals surface area contributed by atoms with Gasteiger partial charge < -0.3 is 9.22 Å². The van der Waals surface area contributed by atoms with Crippen molar-refractivity contribution in [3.8, 4) is 0 Å². The van der Waals surface area contributed by atoms with Crippen molar-refractivity contribution in [2.75, 3.05) is 32.8 Å². The average Bonchev–Trinajstić information content (AvgIpc) is 3.22. The number of ether oxygens (including phenoxy) is 1. The van der Waals surface area contributed by atoms with Crippen LogP contribution in [0.4, 0.5) is 0 Å². The molecule has 0 saturated carbocycles. The van der Waals surface area contributed by atoms with Crippen LogP contribution < -0.4 is 0 Å². The van der Waals surface area contributed by atoms with Crippen LogP contribution in [0, 0.1) is 0 Å². The van der Waals surface area contributed by atoms with Crippen LogP contribution in [-0.2, 0) is 4.74 Å². The maximum Gasteiger partial charge on any atom is 0.130 e. The second-order valence-electron chi connectivity index (χ2n) is 6.43. The minimum absolute atomic E-state index is 0.547. The number of epoxide rings is 1. The lowest BCUT2D eigenvalue weighted by Crippen LogP contribution is -2.51. The zero-order valence-electron chi connectivity index (χ0n) is 14.1. The standard InChI is InChI=1S/C18H36NO/c1-4-7-8-9-10-11-12-15-19(13-5-2,14-6-3)16-18-17-20-18/h11-12,18H,4-10,13-17H2,1-3H3/q+1/b12-11+. The van der Waals surface area contributed by atoms with Gasteiger partial charge in [0.25, 0.3) is 0 Å². The molecule has 0 spiro atoms. The molecule has 1 saturated heterocycles. The normalized spacial score (nSPS) is 18.9. The monoisotopic (exact) mass is 282 g/mol. The second-order valence-corrected chi connectivity index (χ2v) is 6.43. The van der Waals surface area contributed by atoms with Crippen LogP contribution in [-0.4, -0.2) is 43.4 Å². The molecule has 0 aromatic heterocycles. The Morgan fingerprint density at radius 1 is 0.950 bits per heavy atom. The molecule has 0 amide bonds. The third-order valence-corrected chi connectivity index (χ3v) is 4.27. The Labute approximate surface area is 126 Å². The highest BCUT2D eigenvalue weighted by molar-refractivity contribution is 4.82. The van der Waals surface area contributed by atoms with Gasteiger partial charge in [0.2, 0.25) is 0 Å². The number of hydrogen-bond acceptors (Lipinski definition) is 1. The van der Waals surface area contributed by atoms with Crippen LogP contribution >= 0.6 is 0 Å². The van der Waals surface area contributed by atoms with E-state index >= 15 is 0 Å². The van der Waals surface area contributed by atoms with Crippen LogP contribution in [0.5, 0.6) is 0 Å². The Bertz CT molecular complexity index is 252. The van der Waals surface area contributed by atoms with Gasteiger partial charge >= 0.3 is 0 Å². The van der Waals surface area contributed by atoms with E-state index in [1.54, 1.807) is 0 Å². The van der Waals surface area contributed by atoms with Gasteiger partial charge in [0.05, 0.1) is 26.2 Å². The number of unbranched alkanes of at least 4 members (excludes halogenated alkanes) is 4. The molecular formula is C18H36NO+. The molecule has 2 nitrogen and oxygen atoms in total. The summed E-state index contributed by atoms with van der Waals surface area (Å²) in [6.45, 7) is 12.9. The second kappa shape index (κ2) is 10.4. The first kappa shape index (κ1) is 17.7. The molecule has 0 radical (unpaired) electrons. The Morgan fingerprint density at radius 3 is 2.20 bits per heavy atom. The van der Waals surface area contributed by atoms with E-state index in [0.29, 0.717) is 6.10 Å². The lowest BCUT2D eigenvalue weighted by Gasteiger charge is -2.37. The maximum absolute atomic E-state index is 5.49. The number of nitrogens with zero attached hydrogens (tertiary/aromatic N) is 1. The third-order valence-electron chi connectivity index (χ3n) is 4.27. The van der Waals surface area contributed by atoms with Crippen LogP contribution in [0.25, 0.3) is 0 Å². The van der Waals surface area contributed by atoms with E-state index in [1.165, 1.54) is 75.6 Å². The number of allylic oxidation sites excluding steroid dienone is 1. The van der Waals surface area contributed by atoms with Crippen LogP contribution in [0.2, 0.25) is 0 Å². The first-order chi connectivity index (χ1) is 9.76. The van der Waals surface area contributed by atoms with Gasteiger partial charge in [0, 0.05) is 0 Å². The highest BCUT2D eigenvalue weighted by Gasteiger charge is 2.35. The van der Waals surface area contributed by atoms with Crippen LogP contribution in [0.3, 0.4) is 0 Å². The number of quaternary nitrogens is 1. The molecular weight excluding hydrogens is 246 g/mol. The molecule has 0 aliphatic carbocycles. The van der Waals surface area contributed by atoms with Crippen LogP contribution in [0.1, 0.15) is 65.7 Å². The minimum atomic E-state index is 0.547. The molecule has 1 aliphatic rings. The summed E-state index contributed by atoms with van der Waals surface area (Å²) >= 11 is 0. The molecule has 0 aromatic rings. The predicted molar refractivity (Wildman–Crippen MR) is 87.9 cm³/mol. The topological polar surface area (TPSA) is 12.5 Å². The summed E-state index contributed by atoms with van der Waals surface area (Å²) in [5, 5.41) is 0. The summed E-state index contributed by atoms with van der Waals surface area (Å²) < 4.78 is 6.73. The maximum atomic E-state index is 5.49. The Hall–Kier alpha value is -0.340. The van der Waals surface area contributed by atoms with Crippen molar-refractivity contribution >= 4 is 0 Å². The van der Waals surface area contributed by atoms with E-state index in [4.69, 9.17) is 4.74 Å². The van der Waals surface area contributed by atoms with Gasteiger partial charge in [-0.05, 0) is 31.8 Å². The van der Waals surface area contributed by atoms with E-state index in [0.717, 1.165) is 6.61 Å². The van der Waals surface area contributed by atoms with E-state index < -0.39 is 0 Å². The number of rotatable bonds is 13. The molecule has 0 N–H and O–H groups in total. The predicted octanol–water partition coefficient (Wildman–Crippen LogP) is 4.55. The van der Waals surface area contributed by atoms with Crippen molar-refractivity contribution in [3.05, 3.63) is 12.2 Å². The van der Waals surface area contributed by atoms with Gasteiger partial charge in [0.15, 0.2) is 0 Å². The summed E-state index contributed by atoms with van der Waals surface area (Å²) in [7, 11) is 0. The third kappa shape index (κ3) is 7.44. The van der Waals surface area contributed by atoms with E-state index in [9.17, 15) is 0 Å². The summed E-state index contributed by atoms with van der Waals surface area (Å²) in [6.07, 6.45) is 14.7. The highest BCUT2D eigenvalue weighted by Crippen LogP contribution is 2.19. The van der Waals surface area contributed by atoms with Crippen molar-refractivity contribution < 1.29 is 9.22 Å². The zero-order chi connectivity index (χ0) is 14.7. The first-order valence-corrected chi connectivity index (χ1v) is 8.88. The fraction of sp³-hybridized carbons (Fsp3) is 0.889. The summed E-state index contributed by atoms with van der Waals surface area (Å²) in [5.74, 6) is 0. The first-order valence-electron chi connectivity index (χ1n) is 8.88. The lowest BCUT2D eigenvalue weighted by atomic mass is 10.1. The van der Waals surface area contributed by atoms with Crippen molar-refractivity contribution in [2.24, 2.45) is 0 Å². The average molecular weight is 282 g/mol. The largest absolute Gasteiger partial charge is 0.367 e. The Balaban J connectivity index is 2.35. The minimum Gasteiger partial charge on any atom is -0.367 e. The lowest BCUT2D eigenvalue weighted by molar-refractivity contribution is -0.923. The van der Waals surface area contributed by atoms with Gasteiger partial charge in [-0.2, -0.15) is 0 Å². The molecule has 0 bridgehead atoms. The molecule has 20 heavy (non-hydrogen) atoms. The van der Waals surface area contributed by atoms with E-state index in [1.807, 2.05) is 0 Å². The van der Waals surface area contributed by atoms with Crippen LogP contribution in [0.15, 0.2) is 12.2 Å². The van der Waals surface area contributed by atoms with Crippen molar-refractivity contribution in [1.82, 2.24) is 0 Å².